The van der Waals surface area contributed by atoms with Crippen molar-refractivity contribution in [3.8, 4) is 17.0 Å². The number of anilines is 4. The zero-order chi connectivity index (χ0) is 24.2. The summed E-state index contributed by atoms with van der Waals surface area (Å²) in [5, 5.41) is 3.29. The molecule has 1 atom stereocenters. The summed E-state index contributed by atoms with van der Waals surface area (Å²) in [5.74, 6) is 1.45. The zero-order valence-electron chi connectivity index (χ0n) is 19.8. The fourth-order valence-corrected chi connectivity index (χ4v) is 5.21. The largest absolute Gasteiger partial charge is 0.474 e. The summed E-state index contributed by atoms with van der Waals surface area (Å²) < 4.78 is 5.83. The zero-order valence-corrected chi connectivity index (χ0v) is 19.8. The molecule has 8 nitrogen and oxygen atoms in total. The van der Waals surface area contributed by atoms with Gasteiger partial charge in [0, 0.05) is 35.8 Å². The lowest BCUT2D eigenvalue weighted by molar-refractivity contribution is -0.124. The Labute approximate surface area is 203 Å². The average Bonchev–Trinajstić information content (AvgIpc) is 3.39. The van der Waals surface area contributed by atoms with Crippen LogP contribution in [0.3, 0.4) is 0 Å². The maximum absolute atomic E-state index is 13.0. The molecule has 0 saturated carbocycles. The second kappa shape index (κ2) is 8.08. The Balaban J connectivity index is 1.19. The summed E-state index contributed by atoms with van der Waals surface area (Å²) in [4.78, 5) is 37.6. The number of rotatable bonds is 4. The standard InChI is InChI=1S/C27H27N5O3/c1-27(2)13-21-16-35-25-22(32(21)26(27)34)12-19(15-29-25)30-23-10-7-18(14-28-23)17-5-8-20(9-6-17)31-11-3-4-24(31)33/h5-10,12,14-15,21H,3-4,11,13,16H2,1-2H3,(H,28,30)/t21-/m0/s1. The van der Waals surface area contributed by atoms with Gasteiger partial charge in [0.05, 0.1) is 17.9 Å². The Bertz CT molecular complexity index is 1300. The van der Waals surface area contributed by atoms with Crippen LogP contribution in [0.5, 0.6) is 5.88 Å². The van der Waals surface area contributed by atoms with Gasteiger partial charge >= 0.3 is 0 Å². The number of carbonyl (C=O) groups excluding carboxylic acids is 2. The van der Waals surface area contributed by atoms with Gasteiger partial charge in [-0.2, -0.15) is 0 Å². The van der Waals surface area contributed by atoms with E-state index < -0.39 is 5.41 Å². The van der Waals surface area contributed by atoms with Crippen molar-refractivity contribution in [2.24, 2.45) is 5.41 Å². The van der Waals surface area contributed by atoms with Crippen LogP contribution >= 0.6 is 0 Å². The van der Waals surface area contributed by atoms with E-state index in [9.17, 15) is 9.59 Å². The third kappa shape index (κ3) is 3.79. The van der Waals surface area contributed by atoms with Crippen molar-refractivity contribution < 1.29 is 14.3 Å². The number of fused-ring (bicyclic) bond motifs is 3. The Kier molecular flexibility index (Phi) is 4.98. The molecule has 3 aromatic rings. The number of hydrogen-bond acceptors (Lipinski definition) is 6. The Morgan fingerprint density at radius 1 is 1.03 bits per heavy atom. The lowest BCUT2D eigenvalue weighted by Gasteiger charge is -2.31. The molecule has 3 aliphatic rings. The summed E-state index contributed by atoms with van der Waals surface area (Å²) in [6.07, 6.45) is 5.81. The summed E-state index contributed by atoms with van der Waals surface area (Å²) >= 11 is 0. The smallest absolute Gasteiger partial charge is 0.238 e. The predicted molar refractivity (Wildman–Crippen MR) is 134 cm³/mol. The van der Waals surface area contributed by atoms with E-state index >= 15 is 0 Å². The van der Waals surface area contributed by atoms with Gasteiger partial charge in [-0.05, 0) is 48.7 Å². The van der Waals surface area contributed by atoms with Crippen molar-refractivity contribution in [1.29, 1.82) is 0 Å². The molecule has 8 heteroatoms. The second-order valence-electron chi connectivity index (χ2n) is 10.0. The molecule has 0 bridgehead atoms. The van der Waals surface area contributed by atoms with Crippen LogP contribution < -0.4 is 19.9 Å². The van der Waals surface area contributed by atoms with Crippen LogP contribution in [-0.4, -0.2) is 41.0 Å². The first-order valence-electron chi connectivity index (χ1n) is 12.0. The molecule has 0 spiro atoms. The van der Waals surface area contributed by atoms with Crippen LogP contribution in [0.25, 0.3) is 11.1 Å². The lowest BCUT2D eigenvalue weighted by Crippen LogP contribution is -2.41. The third-order valence-electron chi connectivity index (χ3n) is 7.03. The molecule has 2 fully saturated rings. The van der Waals surface area contributed by atoms with Crippen molar-refractivity contribution in [2.45, 2.75) is 39.2 Å². The topological polar surface area (TPSA) is 87.7 Å². The second-order valence-corrected chi connectivity index (χ2v) is 10.0. The highest BCUT2D eigenvalue weighted by molar-refractivity contribution is 6.02. The average molecular weight is 470 g/mol. The number of nitrogens with one attached hydrogen (secondary N) is 1. The Morgan fingerprint density at radius 2 is 1.83 bits per heavy atom. The first-order chi connectivity index (χ1) is 16.9. The minimum Gasteiger partial charge on any atom is -0.474 e. The fraction of sp³-hybridized carbons (Fsp3) is 0.333. The van der Waals surface area contributed by atoms with Crippen molar-refractivity contribution in [2.75, 3.05) is 28.3 Å². The number of ether oxygens (including phenoxy) is 1. The van der Waals surface area contributed by atoms with Crippen LogP contribution in [0.1, 0.15) is 33.1 Å². The lowest BCUT2D eigenvalue weighted by atomic mass is 9.90. The van der Waals surface area contributed by atoms with E-state index in [4.69, 9.17) is 4.74 Å². The van der Waals surface area contributed by atoms with Gasteiger partial charge in [-0.25, -0.2) is 9.97 Å². The van der Waals surface area contributed by atoms with Gasteiger partial charge in [-0.15, -0.1) is 0 Å². The minimum absolute atomic E-state index is 0.0365. The molecule has 5 heterocycles. The number of aromatic nitrogens is 2. The summed E-state index contributed by atoms with van der Waals surface area (Å²) in [6.45, 7) is 5.22. The molecule has 0 radical (unpaired) electrons. The SMILES string of the molecule is CC1(C)C[C@H]2COc3ncc(Nc4ccc(-c5ccc(N6CCCC6=O)cc5)cn4)cc3N2C1=O. The van der Waals surface area contributed by atoms with Gasteiger partial charge in [0.15, 0.2) is 0 Å². The molecule has 2 saturated heterocycles. The minimum atomic E-state index is -0.404. The number of amides is 2. The maximum atomic E-state index is 13.0. The summed E-state index contributed by atoms with van der Waals surface area (Å²) in [5.41, 5.74) is 4.00. The molecule has 6 rings (SSSR count). The number of benzene rings is 1. The molecule has 2 amide bonds. The van der Waals surface area contributed by atoms with Crippen LogP contribution in [-0.2, 0) is 9.59 Å². The Morgan fingerprint density at radius 3 is 2.54 bits per heavy atom. The molecule has 35 heavy (non-hydrogen) atoms. The number of pyridine rings is 2. The van der Waals surface area contributed by atoms with E-state index in [-0.39, 0.29) is 17.9 Å². The maximum Gasteiger partial charge on any atom is 0.238 e. The first-order valence-corrected chi connectivity index (χ1v) is 12.0. The third-order valence-corrected chi connectivity index (χ3v) is 7.03. The van der Waals surface area contributed by atoms with E-state index in [1.807, 2.05) is 72.3 Å². The van der Waals surface area contributed by atoms with E-state index in [0.29, 0.717) is 30.4 Å². The number of carbonyl (C=O) groups is 2. The summed E-state index contributed by atoms with van der Waals surface area (Å²) in [7, 11) is 0. The van der Waals surface area contributed by atoms with Gasteiger partial charge in [0.1, 0.15) is 18.1 Å². The van der Waals surface area contributed by atoms with Gasteiger partial charge in [0.25, 0.3) is 0 Å². The molecule has 2 aromatic heterocycles. The number of hydrogen-bond donors (Lipinski definition) is 1. The highest BCUT2D eigenvalue weighted by atomic mass is 16.5. The van der Waals surface area contributed by atoms with Gasteiger partial charge in [0.2, 0.25) is 17.7 Å². The molecule has 1 N–H and O–H groups in total. The van der Waals surface area contributed by atoms with Crippen LogP contribution in [0.15, 0.2) is 54.9 Å². The van der Waals surface area contributed by atoms with Gasteiger partial charge in [-0.1, -0.05) is 26.0 Å². The predicted octanol–water partition coefficient (Wildman–Crippen LogP) is 4.54. The van der Waals surface area contributed by atoms with E-state index in [2.05, 4.69) is 15.3 Å². The van der Waals surface area contributed by atoms with Crippen molar-refractivity contribution in [1.82, 2.24) is 9.97 Å². The molecule has 0 unspecified atom stereocenters. The van der Waals surface area contributed by atoms with E-state index in [1.165, 1.54) is 0 Å². The monoisotopic (exact) mass is 469 g/mol. The molecule has 0 aliphatic carbocycles. The van der Waals surface area contributed by atoms with E-state index in [0.717, 1.165) is 41.9 Å². The quantitative estimate of drug-likeness (QED) is 0.604. The van der Waals surface area contributed by atoms with Crippen LogP contribution in [0.2, 0.25) is 0 Å². The molecular formula is C27H27N5O3. The molecule has 1 aromatic carbocycles. The van der Waals surface area contributed by atoms with Crippen molar-refractivity contribution in [3.05, 3.63) is 54.9 Å². The summed E-state index contributed by atoms with van der Waals surface area (Å²) in [6, 6.07) is 13.9. The molecular weight excluding hydrogens is 442 g/mol. The Hall–Kier alpha value is -3.94. The van der Waals surface area contributed by atoms with Gasteiger partial charge < -0.3 is 19.9 Å². The first kappa shape index (κ1) is 21.6. The normalized spacial score (nSPS) is 20.5. The molecule has 3 aliphatic heterocycles. The van der Waals surface area contributed by atoms with Crippen LogP contribution in [0, 0.1) is 5.41 Å². The number of nitrogens with zero attached hydrogens (tertiary/aromatic N) is 4. The highest BCUT2D eigenvalue weighted by Gasteiger charge is 2.49. The highest BCUT2D eigenvalue weighted by Crippen LogP contribution is 2.45. The fourth-order valence-electron chi connectivity index (χ4n) is 5.21. The molecule has 178 valence electrons. The van der Waals surface area contributed by atoms with Crippen LogP contribution in [0.4, 0.5) is 22.9 Å². The van der Waals surface area contributed by atoms with Crippen molar-refractivity contribution in [3.63, 3.8) is 0 Å². The van der Waals surface area contributed by atoms with Crippen molar-refractivity contribution >= 4 is 34.7 Å². The van der Waals surface area contributed by atoms with E-state index in [1.54, 1.807) is 6.20 Å². The van der Waals surface area contributed by atoms with Gasteiger partial charge in [-0.3, -0.25) is 9.59 Å².